The van der Waals surface area contributed by atoms with Gasteiger partial charge in [-0.1, -0.05) is 28.1 Å². The third kappa shape index (κ3) is 4.80. The molecule has 1 heterocycles. The summed E-state index contributed by atoms with van der Waals surface area (Å²) in [6.45, 7) is 2.15. The van der Waals surface area contributed by atoms with Crippen LogP contribution in [0.15, 0.2) is 64.2 Å². The van der Waals surface area contributed by atoms with Crippen LogP contribution >= 0.6 is 15.9 Å². The van der Waals surface area contributed by atoms with Crippen molar-refractivity contribution in [3.63, 3.8) is 0 Å². The second-order valence-electron chi connectivity index (χ2n) is 6.25. The standard InChI is InChI=1S/C20H22BrN3O4S/c1-4-28-17-9-8-15(21)13-18(17)29(25,26)23-19(20-22-10-11-24(20)2)14-6-5-7-16(12-14)27-3/h5-13,19,23H,4H2,1-3H3. The van der Waals surface area contributed by atoms with E-state index >= 15 is 0 Å². The SMILES string of the molecule is CCOc1ccc(Br)cc1S(=O)(=O)NC(c1cccc(OC)c1)c1nccn1C. The molecule has 2 aromatic carbocycles. The van der Waals surface area contributed by atoms with E-state index in [-0.39, 0.29) is 10.6 Å². The maximum atomic E-state index is 13.3. The van der Waals surface area contributed by atoms with Gasteiger partial charge >= 0.3 is 0 Å². The molecule has 9 heteroatoms. The molecule has 3 rings (SSSR count). The largest absolute Gasteiger partial charge is 0.497 e. The Morgan fingerprint density at radius 1 is 1.24 bits per heavy atom. The lowest BCUT2D eigenvalue weighted by Crippen LogP contribution is -2.31. The first kappa shape index (κ1) is 21.4. The zero-order chi connectivity index (χ0) is 21.0. The Labute approximate surface area is 178 Å². The number of imidazole rings is 1. The lowest BCUT2D eigenvalue weighted by molar-refractivity contribution is 0.331. The fourth-order valence-corrected chi connectivity index (χ4v) is 4.80. The third-order valence-corrected chi connectivity index (χ3v) is 6.25. The van der Waals surface area contributed by atoms with Gasteiger partial charge in [0.15, 0.2) is 0 Å². The quantitative estimate of drug-likeness (QED) is 0.532. The molecule has 0 bridgehead atoms. The van der Waals surface area contributed by atoms with Gasteiger partial charge < -0.3 is 14.0 Å². The normalized spacial score (nSPS) is 12.6. The second kappa shape index (κ2) is 8.98. The van der Waals surface area contributed by atoms with Crippen molar-refractivity contribution < 1.29 is 17.9 Å². The van der Waals surface area contributed by atoms with Crippen LogP contribution < -0.4 is 14.2 Å². The summed E-state index contributed by atoms with van der Waals surface area (Å²) in [7, 11) is -0.566. The highest BCUT2D eigenvalue weighted by Gasteiger charge is 2.28. The van der Waals surface area contributed by atoms with E-state index in [0.717, 1.165) is 0 Å². The van der Waals surface area contributed by atoms with Gasteiger partial charge in [0.2, 0.25) is 10.0 Å². The molecule has 0 fully saturated rings. The van der Waals surface area contributed by atoms with Crippen molar-refractivity contribution in [2.24, 2.45) is 7.05 Å². The number of methoxy groups -OCH3 is 1. The molecule has 0 spiro atoms. The van der Waals surface area contributed by atoms with Crippen LogP contribution in [0.2, 0.25) is 0 Å². The summed E-state index contributed by atoms with van der Waals surface area (Å²) >= 11 is 3.34. The molecule has 0 aliphatic rings. The first-order chi connectivity index (χ1) is 13.9. The fraction of sp³-hybridized carbons (Fsp3) is 0.250. The van der Waals surface area contributed by atoms with Crippen LogP contribution in [0.4, 0.5) is 0 Å². The first-order valence-electron chi connectivity index (χ1n) is 8.91. The van der Waals surface area contributed by atoms with Gasteiger partial charge in [0.1, 0.15) is 28.3 Å². The lowest BCUT2D eigenvalue weighted by Gasteiger charge is -2.21. The van der Waals surface area contributed by atoms with Gasteiger partial charge in [-0.15, -0.1) is 0 Å². The van der Waals surface area contributed by atoms with Crippen molar-refractivity contribution in [3.05, 3.63) is 70.7 Å². The first-order valence-corrected chi connectivity index (χ1v) is 11.2. The van der Waals surface area contributed by atoms with Gasteiger partial charge in [-0.3, -0.25) is 0 Å². The van der Waals surface area contributed by atoms with E-state index in [2.05, 4.69) is 25.6 Å². The minimum atomic E-state index is -3.94. The van der Waals surface area contributed by atoms with E-state index in [1.165, 1.54) is 6.07 Å². The Balaban J connectivity index is 2.09. The highest BCUT2D eigenvalue weighted by atomic mass is 79.9. The summed E-state index contributed by atoms with van der Waals surface area (Å²) in [5, 5.41) is 0. The molecule has 0 aliphatic carbocycles. The number of nitrogens with zero attached hydrogens (tertiary/aromatic N) is 2. The van der Waals surface area contributed by atoms with Crippen LogP contribution in [0.1, 0.15) is 24.4 Å². The average molecular weight is 480 g/mol. The van der Waals surface area contributed by atoms with E-state index in [4.69, 9.17) is 9.47 Å². The second-order valence-corrected chi connectivity index (χ2v) is 8.85. The zero-order valence-electron chi connectivity index (χ0n) is 16.3. The van der Waals surface area contributed by atoms with Crippen molar-refractivity contribution in [1.29, 1.82) is 0 Å². The number of aryl methyl sites for hydroxylation is 1. The lowest BCUT2D eigenvalue weighted by atomic mass is 10.1. The van der Waals surface area contributed by atoms with E-state index < -0.39 is 16.1 Å². The molecule has 0 saturated heterocycles. The van der Waals surface area contributed by atoms with E-state index in [9.17, 15) is 8.42 Å². The summed E-state index contributed by atoms with van der Waals surface area (Å²) in [5.74, 6) is 1.46. The topological polar surface area (TPSA) is 82.5 Å². The number of hydrogen-bond donors (Lipinski definition) is 1. The minimum absolute atomic E-state index is 0.0517. The van der Waals surface area contributed by atoms with Gasteiger partial charge in [-0.2, -0.15) is 4.72 Å². The maximum Gasteiger partial charge on any atom is 0.245 e. The predicted octanol–water partition coefficient (Wildman–Crippen LogP) is 3.66. The van der Waals surface area contributed by atoms with Crippen LogP contribution in [-0.4, -0.2) is 31.7 Å². The molecular formula is C20H22BrN3O4S. The predicted molar refractivity (Wildman–Crippen MR) is 114 cm³/mol. The number of aromatic nitrogens is 2. The van der Waals surface area contributed by atoms with Crippen molar-refractivity contribution in [3.8, 4) is 11.5 Å². The summed E-state index contributed by atoms with van der Waals surface area (Å²) in [4.78, 5) is 4.41. The fourth-order valence-electron chi connectivity index (χ4n) is 2.93. The van der Waals surface area contributed by atoms with Crippen LogP contribution in [-0.2, 0) is 17.1 Å². The Morgan fingerprint density at radius 2 is 2.03 bits per heavy atom. The van der Waals surface area contributed by atoms with Crippen molar-refractivity contribution in [2.75, 3.05) is 13.7 Å². The van der Waals surface area contributed by atoms with E-state index in [1.54, 1.807) is 55.3 Å². The molecule has 0 saturated carbocycles. The Hall–Kier alpha value is -2.36. The van der Waals surface area contributed by atoms with Crippen molar-refractivity contribution in [1.82, 2.24) is 14.3 Å². The van der Waals surface area contributed by atoms with Crippen LogP contribution in [0.3, 0.4) is 0 Å². The molecule has 0 amide bonds. The number of sulfonamides is 1. The zero-order valence-corrected chi connectivity index (χ0v) is 18.7. The smallest absolute Gasteiger partial charge is 0.245 e. The maximum absolute atomic E-state index is 13.3. The van der Waals surface area contributed by atoms with Crippen LogP contribution in [0, 0.1) is 0 Å². The van der Waals surface area contributed by atoms with Crippen molar-refractivity contribution >= 4 is 26.0 Å². The van der Waals surface area contributed by atoms with Gasteiger partial charge in [-0.25, -0.2) is 13.4 Å². The van der Waals surface area contributed by atoms with Gasteiger partial charge in [0, 0.05) is 23.9 Å². The van der Waals surface area contributed by atoms with Gasteiger partial charge in [-0.05, 0) is 42.8 Å². The monoisotopic (exact) mass is 479 g/mol. The summed E-state index contributed by atoms with van der Waals surface area (Å²) in [6, 6.07) is 11.4. The molecule has 7 nitrogen and oxygen atoms in total. The number of ether oxygens (including phenoxy) is 2. The molecule has 0 aliphatic heterocycles. The Morgan fingerprint density at radius 3 is 2.69 bits per heavy atom. The summed E-state index contributed by atoms with van der Waals surface area (Å²) in [5.41, 5.74) is 0.704. The highest BCUT2D eigenvalue weighted by molar-refractivity contribution is 9.10. The molecule has 1 aromatic heterocycles. The van der Waals surface area contributed by atoms with Gasteiger partial charge in [0.25, 0.3) is 0 Å². The summed E-state index contributed by atoms with van der Waals surface area (Å²) < 4.78 is 42.7. The number of rotatable bonds is 8. The molecule has 154 valence electrons. The third-order valence-electron chi connectivity index (χ3n) is 4.31. The van der Waals surface area contributed by atoms with Gasteiger partial charge in [0.05, 0.1) is 13.7 Å². The van der Waals surface area contributed by atoms with Crippen LogP contribution in [0.5, 0.6) is 11.5 Å². The number of nitrogens with one attached hydrogen (secondary N) is 1. The average Bonchev–Trinajstić information content (AvgIpc) is 3.13. The Bertz CT molecular complexity index is 1100. The minimum Gasteiger partial charge on any atom is -0.497 e. The Kier molecular flexibility index (Phi) is 6.61. The molecular weight excluding hydrogens is 458 g/mol. The number of hydrogen-bond acceptors (Lipinski definition) is 5. The molecule has 1 N–H and O–H groups in total. The summed E-state index contributed by atoms with van der Waals surface area (Å²) in [6.07, 6.45) is 3.39. The molecule has 0 radical (unpaired) electrons. The molecule has 1 unspecified atom stereocenters. The van der Waals surface area contributed by atoms with E-state index in [1.807, 2.05) is 19.2 Å². The number of benzene rings is 2. The molecule has 3 aromatic rings. The van der Waals surface area contributed by atoms with Crippen LogP contribution in [0.25, 0.3) is 0 Å². The highest BCUT2D eigenvalue weighted by Crippen LogP contribution is 2.31. The van der Waals surface area contributed by atoms with Crippen molar-refractivity contribution in [2.45, 2.75) is 17.9 Å². The molecule has 29 heavy (non-hydrogen) atoms. The number of halogens is 1. The molecule has 1 atom stereocenters. The van der Waals surface area contributed by atoms with E-state index in [0.29, 0.717) is 28.2 Å².